The molecule has 3 aromatic carbocycles. The summed E-state index contributed by atoms with van der Waals surface area (Å²) in [5.41, 5.74) is 9.60. The smallest absolute Gasteiger partial charge is 0.273 e. The number of allylic oxidation sites excluding steroid dienone is 2. The van der Waals surface area contributed by atoms with Gasteiger partial charge < -0.3 is 5.32 Å². The largest absolute Gasteiger partial charge is 0.349 e. The van der Waals surface area contributed by atoms with Crippen LogP contribution in [0.1, 0.15) is 115 Å². The van der Waals surface area contributed by atoms with E-state index in [2.05, 4.69) is 28.4 Å². The Morgan fingerprint density at radius 1 is 0.915 bits per heavy atom. The summed E-state index contributed by atoms with van der Waals surface area (Å²) in [6.07, 6.45) is 11.5. The highest BCUT2D eigenvalue weighted by Crippen LogP contribution is 2.41. The van der Waals surface area contributed by atoms with Crippen LogP contribution in [0.3, 0.4) is 0 Å². The van der Waals surface area contributed by atoms with Gasteiger partial charge in [0.25, 0.3) is 11.8 Å². The van der Waals surface area contributed by atoms with E-state index in [0.29, 0.717) is 11.5 Å². The molecule has 6 heteroatoms. The van der Waals surface area contributed by atoms with Gasteiger partial charge in [0.05, 0.1) is 11.6 Å². The summed E-state index contributed by atoms with van der Waals surface area (Å²) in [5.74, 6) is -2.12. The number of alkyl halides is 2. The van der Waals surface area contributed by atoms with Gasteiger partial charge >= 0.3 is 0 Å². The minimum absolute atomic E-state index is 0.0268. The Hall–Kier alpha value is -3.82. The highest BCUT2D eigenvalue weighted by atomic mass is 19.3. The number of rotatable bonds is 9. The minimum atomic E-state index is -2.76. The lowest BCUT2D eigenvalue weighted by Crippen LogP contribution is -2.44. The standard InChI is InChI=1S/C41H47F2N3O/c1-2-41(42,43)36-19-13-30(14-20-36)7-6-29-12-16-33-4-3-5-34-17-18-35(26-39(34)38(33)21-15-29)40(47)45-37-22-24-46(25-23-37)28-32-10-8-31(27-44)9-11-32/h8-11,13-14,17-20,26,29,37H,2-7,12,15-16,21-25,28H2,1H3,(H,45,47). The van der Waals surface area contributed by atoms with Crippen molar-refractivity contribution in [2.75, 3.05) is 13.1 Å². The zero-order valence-electron chi connectivity index (χ0n) is 27.7. The van der Waals surface area contributed by atoms with Crippen molar-refractivity contribution in [2.45, 2.75) is 102 Å². The molecule has 246 valence electrons. The van der Waals surface area contributed by atoms with Crippen molar-refractivity contribution in [2.24, 2.45) is 5.92 Å². The monoisotopic (exact) mass is 635 g/mol. The number of piperidine rings is 1. The number of nitrogens with zero attached hydrogens (tertiary/aromatic N) is 2. The number of likely N-dealkylation sites (tertiary alicyclic amines) is 1. The van der Waals surface area contributed by atoms with Gasteiger partial charge in [-0.25, -0.2) is 8.78 Å². The van der Waals surface area contributed by atoms with Gasteiger partial charge in [0.15, 0.2) is 0 Å². The first kappa shape index (κ1) is 33.1. The highest BCUT2D eigenvalue weighted by molar-refractivity contribution is 5.95. The second kappa shape index (κ2) is 14.9. The summed E-state index contributed by atoms with van der Waals surface area (Å²) < 4.78 is 28.1. The summed E-state index contributed by atoms with van der Waals surface area (Å²) >= 11 is 0. The molecule has 1 atom stereocenters. The Kier molecular flexibility index (Phi) is 10.5. The van der Waals surface area contributed by atoms with E-state index in [-0.39, 0.29) is 23.9 Å². The average molecular weight is 636 g/mol. The molecule has 1 aliphatic heterocycles. The zero-order chi connectivity index (χ0) is 32.8. The van der Waals surface area contributed by atoms with E-state index in [4.69, 9.17) is 5.26 Å². The van der Waals surface area contributed by atoms with Gasteiger partial charge in [-0.2, -0.15) is 5.26 Å². The van der Waals surface area contributed by atoms with Crippen LogP contribution in [0.25, 0.3) is 5.57 Å². The summed E-state index contributed by atoms with van der Waals surface area (Å²) in [7, 11) is 0. The van der Waals surface area contributed by atoms with Gasteiger partial charge in [0.2, 0.25) is 0 Å². The number of amides is 1. The Balaban J connectivity index is 1.04. The molecular formula is C41H47F2N3O. The molecule has 1 heterocycles. The van der Waals surface area contributed by atoms with Gasteiger partial charge in [-0.15, -0.1) is 0 Å². The predicted octanol–water partition coefficient (Wildman–Crippen LogP) is 9.37. The molecule has 1 fully saturated rings. The molecule has 2 aliphatic carbocycles. The predicted molar refractivity (Wildman–Crippen MR) is 184 cm³/mol. The fraction of sp³-hybridized carbons (Fsp3) is 0.463. The van der Waals surface area contributed by atoms with Crippen molar-refractivity contribution in [3.05, 3.63) is 111 Å². The van der Waals surface area contributed by atoms with Crippen LogP contribution in [0, 0.1) is 17.2 Å². The molecular weight excluding hydrogens is 588 g/mol. The molecule has 1 amide bonds. The van der Waals surface area contributed by atoms with E-state index >= 15 is 0 Å². The van der Waals surface area contributed by atoms with E-state index in [1.807, 2.05) is 42.5 Å². The molecule has 3 aliphatic rings. The van der Waals surface area contributed by atoms with Gasteiger partial charge in [-0.05, 0) is 129 Å². The Labute approximate surface area is 278 Å². The lowest BCUT2D eigenvalue weighted by atomic mass is 9.89. The van der Waals surface area contributed by atoms with Gasteiger partial charge in [-0.3, -0.25) is 9.69 Å². The lowest BCUT2D eigenvalue weighted by molar-refractivity contribution is -0.00830. The molecule has 0 saturated carbocycles. The van der Waals surface area contributed by atoms with Crippen molar-refractivity contribution in [1.82, 2.24) is 10.2 Å². The average Bonchev–Trinajstić information content (AvgIpc) is 3.41. The number of halogens is 2. The second-order valence-electron chi connectivity index (χ2n) is 13.9. The fourth-order valence-corrected chi connectivity index (χ4v) is 7.73. The van der Waals surface area contributed by atoms with Crippen LogP contribution in [0.15, 0.2) is 72.3 Å². The lowest BCUT2D eigenvalue weighted by Gasteiger charge is -2.32. The molecule has 6 rings (SSSR count). The second-order valence-corrected chi connectivity index (χ2v) is 13.9. The van der Waals surface area contributed by atoms with Gasteiger partial charge in [0, 0.05) is 43.2 Å². The Morgan fingerprint density at radius 2 is 1.64 bits per heavy atom. The highest BCUT2D eigenvalue weighted by Gasteiger charge is 2.29. The normalized spacial score (nSPS) is 19.2. The van der Waals surface area contributed by atoms with Gasteiger partial charge in [0.1, 0.15) is 0 Å². The Bertz CT molecular complexity index is 1610. The molecule has 0 aromatic heterocycles. The third-order valence-electron chi connectivity index (χ3n) is 10.8. The van der Waals surface area contributed by atoms with E-state index < -0.39 is 5.92 Å². The maximum atomic E-state index is 14.1. The summed E-state index contributed by atoms with van der Waals surface area (Å²) in [6, 6.07) is 23.5. The quantitative estimate of drug-likeness (QED) is 0.255. The number of carbonyl (C=O) groups is 1. The van der Waals surface area contributed by atoms with Crippen molar-refractivity contribution in [1.29, 1.82) is 5.26 Å². The molecule has 1 N–H and O–H groups in total. The summed E-state index contributed by atoms with van der Waals surface area (Å²) in [4.78, 5) is 15.9. The first-order valence-electron chi connectivity index (χ1n) is 17.6. The van der Waals surface area contributed by atoms with Crippen LogP contribution in [0.4, 0.5) is 8.78 Å². The van der Waals surface area contributed by atoms with Crippen LogP contribution in [-0.4, -0.2) is 29.9 Å². The number of aryl methyl sites for hydroxylation is 2. The first-order chi connectivity index (χ1) is 22.8. The topological polar surface area (TPSA) is 56.1 Å². The van der Waals surface area contributed by atoms with Crippen molar-refractivity contribution < 1.29 is 13.6 Å². The number of hydrogen-bond donors (Lipinski definition) is 1. The Morgan fingerprint density at radius 3 is 2.36 bits per heavy atom. The molecule has 4 nitrogen and oxygen atoms in total. The van der Waals surface area contributed by atoms with Gasteiger partial charge in [-0.1, -0.05) is 55.0 Å². The molecule has 0 spiro atoms. The van der Waals surface area contributed by atoms with E-state index in [1.54, 1.807) is 17.7 Å². The number of fused-ring (bicyclic) bond motifs is 2. The molecule has 47 heavy (non-hydrogen) atoms. The van der Waals surface area contributed by atoms with Crippen molar-refractivity contribution in [3.63, 3.8) is 0 Å². The maximum Gasteiger partial charge on any atom is 0.273 e. The molecule has 0 radical (unpaired) electrons. The van der Waals surface area contributed by atoms with E-state index in [0.717, 1.165) is 95.0 Å². The number of carbonyl (C=O) groups excluding carboxylic acids is 1. The molecule has 3 aromatic rings. The number of nitriles is 1. The number of nitrogens with one attached hydrogen (secondary N) is 1. The molecule has 1 saturated heterocycles. The van der Waals surface area contributed by atoms with Crippen LogP contribution >= 0.6 is 0 Å². The molecule has 0 bridgehead atoms. The van der Waals surface area contributed by atoms with Crippen LogP contribution < -0.4 is 5.32 Å². The van der Waals surface area contributed by atoms with Crippen LogP contribution in [0.5, 0.6) is 0 Å². The van der Waals surface area contributed by atoms with Crippen LogP contribution in [-0.2, 0) is 25.3 Å². The first-order valence-corrected chi connectivity index (χ1v) is 17.6. The minimum Gasteiger partial charge on any atom is -0.349 e. The van der Waals surface area contributed by atoms with Crippen molar-refractivity contribution in [3.8, 4) is 6.07 Å². The number of benzene rings is 3. The third kappa shape index (κ3) is 8.19. The third-order valence-corrected chi connectivity index (χ3v) is 10.8. The maximum absolute atomic E-state index is 14.1. The summed E-state index contributed by atoms with van der Waals surface area (Å²) in [5, 5.41) is 12.4. The zero-order valence-corrected chi connectivity index (χ0v) is 27.7. The fourth-order valence-electron chi connectivity index (χ4n) is 7.73. The van der Waals surface area contributed by atoms with E-state index in [1.165, 1.54) is 35.6 Å². The molecule has 1 unspecified atom stereocenters. The summed E-state index contributed by atoms with van der Waals surface area (Å²) in [6.45, 7) is 4.26. The van der Waals surface area contributed by atoms with Crippen molar-refractivity contribution >= 4 is 11.5 Å². The van der Waals surface area contributed by atoms with E-state index in [9.17, 15) is 13.6 Å². The van der Waals surface area contributed by atoms with Crippen LogP contribution in [0.2, 0.25) is 0 Å². The SMILES string of the molecule is CCC(F)(F)c1ccc(CCC2CCC3=C(CC2)c2cc(C(=O)NC4CCN(Cc5ccc(C#N)cc5)CC4)ccc2CCC3)cc1. The number of hydrogen-bond acceptors (Lipinski definition) is 3.